The van der Waals surface area contributed by atoms with Gasteiger partial charge in [0, 0.05) is 22.7 Å². The Morgan fingerprint density at radius 2 is 1.71 bits per heavy atom. The number of aliphatic imine (C=N–C) groups is 1. The van der Waals surface area contributed by atoms with Gasteiger partial charge in [0.05, 0.1) is 16.3 Å². The highest BCUT2D eigenvalue weighted by Gasteiger charge is 2.17. The van der Waals surface area contributed by atoms with Crippen molar-refractivity contribution in [2.45, 2.75) is 6.92 Å². The van der Waals surface area contributed by atoms with Gasteiger partial charge in [-0.25, -0.2) is 9.55 Å². The van der Waals surface area contributed by atoms with Crippen LogP contribution < -0.4 is 5.56 Å². The molecule has 2 aromatic heterocycles. The van der Waals surface area contributed by atoms with Gasteiger partial charge in [-0.1, -0.05) is 48.0 Å². The van der Waals surface area contributed by atoms with Crippen molar-refractivity contribution in [2.24, 2.45) is 4.99 Å². The Balaban J connectivity index is 2.01. The first kappa shape index (κ1) is 17.9. The summed E-state index contributed by atoms with van der Waals surface area (Å²) >= 11 is 6.18. The van der Waals surface area contributed by atoms with E-state index >= 15 is 0 Å². The minimum Gasteiger partial charge on any atom is -0.494 e. The van der Waals surface area contributed by atoms with Crippen molar-refractivity contribution >= 4 is 34.3 Å². The lowest BCUT2D eigenvalue weighted by molar-refractivity contribution is 0.435. The molecule has 0 spiro atoms. The van der Waals surface area contributed by atoms with Crippen molar-refractivity contribution in [2.75, 3.05) is 0 Å². The second kappa shape index (κ2) is 7.29. The molecule has 0 aliphatic rings. The number of fused-ring (bicyclic) bond motifs is 1. The number of para-hydroxylation sites is 1. The smallest absolute Gasteiger partial charge is 0.267 e. The lowest BCUT2D eigenvalue weighted by Crippen LogP contribution is -2.21. The Bertz CT molecular complexity index is 1280. The molecule has 4 rings (SSSR count). The van der Waals surface area contributed by atoms with Gasteiger partial charge >= 0.3 is 0 Å². The second-order valence-corrected chi connectivity index (χ2v) is 6.68. The van der Waals surface area contributed by atoms with Gasteiger partial charge in [-0.2, -0.15) is 0 Å². The van der Waals surface area contributed by atoms with Crippen LogP contribution in [0.3, 0.4) is 0 Å². The maximum absolute atomic E-state index is 13.0. The predicted octanol–water partition coefficient (Wildman–Crippen LogP) is 4.80. The van der Waals surface area contributed by atoms with E-state index in [0.717, 1.165) is 5.69 Å². The molecule has 1 N–H and O–H groups in total. The SMILES string of the molecule is Cc1cccc(-n2c(O)c(C=Nc3ccccc3Cl)c3ccccc3c2=O)n1. The highest BCUT2D eigenvalue weighted by atomic mass is 35.5. The molecule has 0 saturated carbocycles. The molecular formula is C22H16ClN3O2. The van der Waals surface area contributed by atoms with Crippen molar-refractivity contribution in [1.82, 2.24) is 9.55 Å². The van der Waals surface area contributed by atoms with Crippen LogP contribution in [0.1, 0.15) is 11.3 Å². The van der Waals surface area contributed by atoms with E-state index in [-0.39, 0.29) is 11.4 Å². The molecule has 0 unspecified atom stereocenters. The van der Waals surface area contributed by atoms with Crippen molar-refractivity contribution in [3.8, 4) is 11.7 Å². The fourth-order valence-corrected chi connectivity index (χ4v) is 3.23. The first-order valence-corrected chi connectivity index (χ1v) is 9.03. The van der Waals surface area contributed by atoms with Gasteiger partial charge in [0.2, 0.25) is 5.88 Å². The van der Waals surface area contributed by atoms with Gasteiger partial charge in [-0.3, -0.25) is 9.79 Å². The summed E-state index contributed by atoms with van der Waals surface area (Å²) in [6.45, 7) is 1.83. The first-order valence-electron chi connectivity index (χ1n) is 8.65. The molecule has 0 saturated heterocycles. The zero-order valence-electron chi connectivity index (χ0n) is 15.0. The largest absolute Gasteiger partial charge is 0.494 e. The minimum absolute atomic E-state index is 0.224. The van der Waals surface area contributed by atoms with Crippen molar-refractivity contribution in [1.29, 1.82) is 0 Å². The maximum atomic E-state index is 13.0. The van der Waals surface area contributed by atoms with Crippen molar-refractivity contribution in [3.63, 3.8) is 0 Å². The number of aryl methyl sites for hydroxylation is 1. The average Bonchev–Trinajstić information content (AvgIpc) is 2.69. The third kappa shape index (κ3) is 3.17. The van der Waals surface area contributed by atoms with Crippen LogP contribution in [0.2, 0.25) is 5.02 Å². The number of hydrogen-bond donors (Lipinski definition) is 1. The van der Waals surface area contributed by atoms with Crippen molar-refractivity contribution in [3.05, 3.63) is 93.4 Å². The molecule has 6 heteroatoms. The van der Waals surface area contributed by atoms with E-state index < -0.39 is 0 Å². The lowest BCUT2D eigenvalue weighted by Gasteiger charge is -2.13. The molecule has 4 aromatic rings. The standard InChI is InChI=1S/C22H16ClN3O2/c1-14-7-6-12-20(25-14)26-21(27)16-9-3-2-8-15(16)17(22(26)28)13-24-19-11-5-4-10-18(19)23/h2-13,28H,1H3. The molecule has 28 heavy (non-hydrogen) atoms. The number of halogens is 1. The molecule has 2 aromatic carbocycles. The van der Waals surface area contributed by atoms with E-state index in [0.29, 0.717) is 32.9 Å². The highest BCUT2D eigenvalue weighted by molar-refractivity contribution is 6.33. The quantitative estimate of drug-likeness (QED) is 0.511. The van der Waals surface area contributed by atoms with Gasteiger partial charge in [0.25, 0.3) is 5.56 Å². The maximum Gasteiger partial charge on any atom is 0.267 e. The Hall–Kier alpha value is -3.44. The number of aromatic nitrogens is 2. The number of aromatic hydroxyl groups is 1. The molecule has 138 valence electrons. The van der Waals surface area contributed by atoms with Gasteiger partial charge in [0.15, 0.2) is 0 Å². The predicted molar refractivity (Wildman–Crippen MR) is 112 cm³/mol. The molecule has 0 aliphatic carbocycles. The normalized spacial score (nSPS) is 11.4. The second-order valence-electron chi connectivity index (χ2n) is 6.27. The molecule has 0 radical (unpaired) electrons. The van der Waals surface area contributed by atoms with Crippen LogP contribution in [0.4, 0.5) is 5.69 Å². The lowest BCUT2D eigenvalue weighted by atomic mass is 10.1. The number of nitrogens with zero attached hydrogens (tertiary/aromatic N) is 3. The van der Waals surface area contributed by atoms with E-state index in [1.54, 1.807) is 42.5 Å². The topological polar surface area (TPSA) is 67.5 Å². The third-order valence-corrected chi connectivity index (χ3v) is 4.71. The highest BCUT2D eigenvalue weighted by Crippen LogP contribution is 2.28. The van der Waals surface area contributed by atoms with Crippen LogP contribution in [-0.2, 0) is 0 Å². The van der Waals surface area contributed by atoms with Gasteiger partial charge in [-0.15, -0.1) is 0 Å². The Labute approximate surface area is 166 Å². The molecule has 0 atom stereocenters. The van der Waals surface area contributed by atoms with Crippen LogP contribution in [0, 0.1) is 6.92 Å². The monoisotopic (exact) mass is 389 g/mol. The number of pyridine rings is 2. The van der Waals surface area contributed by atoms with Crippen LogP contribution in [0.15, 0.2) is 76.5 Å². The fraction of sp³-hybridized carbons (Fsp3) is 0.0455. The molecule has 0 amide bonds. The zero-order valence-corrected chi connectivity index (χ0v) is 15.8. The van der Waals surface area contributed by atoms with E-state index in [9.17, 15) is 9.90 Å². The van der Waals surface area contributed by atoms with Gasteiger partial charge < -0.3 is 5.11 Å². The summed E-state index contributed by atoms with van der Waals surface area (Å²) < 4.78 is 1.20. The Morgan fingerprint density at radius 1 is 1.00 bits per heavy atom. The van der Waals surface area contributed by atoms with Crippen LogP contribution in [0.25, 0.3) is 16.6 Å². The van der Waals surface area contributed by atoms with Crippen molar-refractivity contribution < 1.29 is 5.11 Å². The summed E-state index contributed by atoms with van der Waals surface area (Å²) in [7, 11) is 0. The fourth-order valence-electron chi connectivity index (χ4n) is 3.05. The van der Waals surface area contributed by atoms with Gasteiger partial charge in [0.1, 0.15) is 5.82 Å². The summed E-state index contributed by atoms with van der Waals surface area (Å²) in [6, 6.07) is 19.5. The molecule has 2 heterocycles. The third-order valence-electron chi connectivity index (χ3n) is 4.39. The average molecular weight is 390 g/mol. The molecule has 5 nitrogen and oxygen atoms in total. The number of benzene rings is 2. The molecule has 0 aliphatic heterocycles. The van der Waals surface area contributed by atoms with E-state index in [2.05, 4.69) is 9.98 Å². The van der Waals surface area contributed by atoms with Crippen LogP contribution >= 0.6 is 11.6 Å². The number of rotatable bonds is 3. The van der Waals surface area contributed by atoms with Gasteiger partial charge in [-0.05, 0) is 37.3 Å². The molecule has 0 fully saturated rings. The van der Waals surface area contributed by atoms with Crippen LogP contribution in [-0.4, -0.2) is 20.9 Å². The molecular weight excluding hydrogens is 374 g/mol. The van der Waals surface area contributed by atoms with E-state index in [4.69, 9.17) is 11.6 Å². The Kier molecular flexibility index (Phi) is 4.67. The van der Waals surface area contributed by atoms with E-state index in [1.165, 1.54) is 10.8 Å². The summed E-state index contributed by atoms with van der Waals surface area (Å²) in [5.74, 6) is 0.123. The minimum atomic E-state index is -0.346. The molecule has 0 bridgehead atoms. The Morgan fingerprint density at radius 3 is 2.46 bits per heavy atom. The first-order chi connectivity index (χ1) is 13.6. The zero-order chi connectivity index (χ0) is 19.7. The number of hydrogen-bond acceptors (Lipinski definition) is 4. The van der Waals surface area contributed by atoms with E-state index in [1.807, 2.05) is 31.2 Å². The summed E-state index contributed by atoms with van der Waals surface area (Å²) in [5, 5.41) is 12.5. The summed E-state index contributed by atoms with van der Waals surface area (Å²) in [4.78, 5) is 21.8. The summed E-state index contributed by atoms with van der Waals surface area (Å²) in [5.41, 5.74) is 1.38. The van der Waals surface area contributed by atoms with Crippen LogP contribution in [0.5, 0.6) is 5.88 Å². The summed E-state index contributed by atoms with van der Waals surface area (Å²) in [6.07, 6.45) is 1.52.